The lowest BCUT2D eigenvalue weighted by Crippen LogP contribution is -2.52. The molecule has 0 saturated carbocycles. The summed E-state index contributed by atoms with van der Waals surface area (Å²) in [6, 6.07) is 7.90. The number of thiophene rings is 1. The van der Waals surface area contributed by atoms with E-state index in [1.165, 1.54) is 29.8 Å². The maximum absolute atomic E-state index is 15.1. The number of anilines is 3. The summed E-state index contributed by atoms with van der Waals surface area (Å²) in [7, 11) is 0. The van der Waals surface area contributed by atoms with Gasteiger partial charge in [0.2, 0.25) is 11.8 Å². The lowest BCUT2D eigenvalue weighted by molar-refractivity contribution is -0.134. The van der Waals surface area contributed by atoms with E-state index >= 15 is 4.39 Å². The molecule has 2 atom stereocenters. The average Bonchev–Trinajstić information content (AvgIpc) is 3.87. The van der Waals surface area contributed by atoms with Crippen LogP contribution < -0.4 is 25.8 Å². The van der Waals surface area contributed by atoms with Crippen molar-refractivity contribution >= 4 is 73.1 Å². The number of halogens is 2. The van der Waals surface area contributed by atoms with Gasteiger partial charge in [-0.3, -0.25) is 29.2 Å². The Balaban J connectivity index is 0.800. The highest BCUT2D eigenvalue weighted by Gasteiger charge is 2.31. The van der Waals surface area contributed by atoms with Crippen LogP contribution in [0.3, 0.4) is 0 Å². The minimum absolute atomic E-state index is 0.123. The number of nitrogens with one attached hydrogen (secondary N) is 3. The molecule has 0 aliphatic carbocycles. The van der Waals surface area contributed by atoms with Crippen molar-refractivity contribution in [2.24, 2.45) is 5.92 Å². The van der Waals surface area contributed by atoms with Gasteiger partial charge in [0.1, 0.15) is 24.4 Å². The fraction of sp³-hybridized carbons (Fsp3) is 0.452. The maximum atomic E-state index is 15.1. The van der Waals surface area contributed by atoms with E-state index in [4.69, 9.17) is 5.10 Å². The summed E-state index contributed by atoms with van der Waals surface area (Å²) >= 11 is 1.42. The Morgan fingerprint density at radius 2 is 1.76 bits per heavy atom. The molecule has 3 N–H and O–H groups in total. The van der Waals surface area contributed by atoms with Gasteiger partial charge in [0.25, 0.3) is 11.8 Å². The topological polar surface area (TPSA) is 158 Å². The van der Waals surface area contributed by atoms with E-state index in [9.17, 15) is 23.6 Å². The zero-order valence-corrected chi connectivity index (χ0v) is 33.4. The van der Waals surface area contributed by atoms with Gasteiger partial charge in [-0.1, -0.05) is 0 Å². The van der Waals surface area contributed by atoms with Crippen molar-refractivity contribution in [3.05, 3.63) is 71.4 Å². The van der Waals surface area contributed by atoms with E-state index in [-0.39, 0.29) is 42.8 Å². The number of aromatic nitrogens is 4. The molecule has 7 heterocycles. The number of likely N-dealkylation sites (tertiary alicyclic amines) is 1. The van der Waals surface area contributed by atoms with Gasteiger partial charge in [-0.2, -0.15) is 5.10 Å². The number of piperidine rings is 4. The standard InChI is InChI=1S/C42H46F2N10O4S/c43-27-2-1-11-53(22-27)36-18-34-26(16-35(36)48-41(57)31-23-59-37-19-45-24-46-39(31)37)21-54(50-34)28-9-12-51(13-10-28)20-25-7-14-52(15-8-25)29-3-4-30(32(44)17-29)40(56)47-33-5-6-38(55)49-42(33)58/h3-4,16-19,21,23-25,27-28,33H,1-2,5-15,20,22H2,(H,47,56)(H,48,57)(H,49,55,58)/t27?,33-/m0/s1. The Morgan fingerprint density at radius 3 is 2.54 bits per heavy atom. The van der Waals surface area contributed by atoms with Crippen molar-refractivity contribution in [2.45, 2.75) is 69.6 Å². The number of fused-ring (bicyclic) bond motifs is 2. The fourth-order valence-electron chi connectivity index (χ4n) is 8.96. The first-order valence-electron chi connectivity index (χ1n) is 20.5. The predicted octanol–water partition coefficient (Wildman–Crippen LogP) is 5.46. The molecule has 17 heteroatoms. The molecule has 5 aromatic rings. The Kier molecular flexibility index (Phi) is 11.0. The zero-order valence-electron chi connectivity index (χ0n) is 32.5. The summed E-state index contributed by atoms with van der Waals surface area (Å²) < 4.78 is 32.7. The van der Waals surface area contributed by atoms with Crippen molar-refractivity contribution in [1.29, 1.82) is 0 Å². The molecule has 59 heavy (non-hydrogen) atoms. The van der Waals surface area contributed by atoms with Gasteiger partial charge in [0.15, 0.2) is 0 Å². The molecule has 0 radical (unpaired) electrons. The molecule has 9 rings (SSSR count). The minimum atomic E-state index is -0.935. The first-order valence-corrected chi connectivity index (χ1v) is 21.3. The molecule has 4 aliphatic rings. The van der Waals surface area contributed by atoms with Gasteiger partial charge in [-0.15, -0.1) is 11.3 Å². The summed E-state index contributed by atoms with van der Waals surface area (Å²) in [5.74, 6) is -2.04. The minimum Gasteiger partial charge on any atom is -0.371 e. The van der Waals surface area contributed by atoms with Gasteiger partial charge in [0.05, 0.1) is 44.3 Å². The third kappa shape index (κ3) is 8.35. The Hall–Kier alpha value is -5.55. The summed E-state index contributed by atoms with van der Waals surface area (Å²) in [5.41, 5.74) is 3.88. The van der Waals surface area contributed by atoms with Crippen LogP contribution in [0.5, 0.6) is 0 Å². The lowest BCUT2D eigenvalue weighted by atomic mass is 9.94. The van der Waals surface area contributed by atoms with Crippen molar-refractivity contribution < 1.29 is 28.0 Å². The van der Waals surface area contributed by atoms with Crippen LogP contribution in [0.1, 0.15) is 78.1 Å². The van der Waals surface area contributed by atoms with Gasteiger partial charge >= 0.3 is 0 Å². The maximum Gasteiger partial charge on any atom is 0.258 e. The highest BCUT2D eigenvalue weighted by Crippen LogP contribution is 2.36. The van der Waals surface area contributed by atoms with E-state index in [2.05, 4.69) is 46.6 Å². The molecular formula is C42H46F2N10O4S. The third-order valence-corrected chi connectivity index (χ3v) is 13.1. The van der Waals surface area contributed by atoms with Crippen LogP contribution in [0.4, 0.5) is 25.8 Å². The highest BCUT2D eigenvalue weighted by atomic mass is 32.1. The van der Waals surface area contributed by atoms with Crippen LogP contribution in [0, 0.1) is 11.7 Å². The summed E-state index contributed by atoms with van der Waals surface area (Å²) in [5, 5.41) is 15.6. The molecule has 4 saturated heterocycles. The summed E-state index contributed by atoms with van der Waals surface area (Å²) in [6.07, 6.45) is 9.69. The van der Waals surface area contributed by atoms with Crippen LogP contribution in [-0.4, -0.2) is 106 Å². The molecule has 0 spiro atoms. The van der Waals surface area contributed by atoms with Crippen LogP contribution >= 0.6 is 11.3 Å². The molecule has 4 aliphatic heterocycles. The lowest BCUT2D eigenvalue weighted by Gasteiger charge is -2.38. The van der Waals surface area contributed by atoms with Crippen LogP contribution in [0.15, 0.2) is 54.4 Å². The number of alkyl halides is 1. The smallest absolute Gasteiger partial charge is 0.258 e. The molecule has 14 nitrogen and oxygen atoms in total. The number of carbonyl (C=O) groups excluding carboxylic acids is 4. The van der Waals surface area contributed by atoms with Gasteiger partial charge in [-0.05, 0) is 81.2 Å². The van der Waals surface area contributed by atoms with E-state index in [1.807, 2.05) is 17.0 Å². The number of carbonyl (C=O) groups is 4. The Labute approximate surface area is 343 Å². The Morgan fingerprint density at radius 1 is 0.932 bits per heavy atom. The zero-order chi connectivity index (χ0) is 40.6. The number of amides is 4. The molecular weight excluding hydrogens is 779 g/mol. The fourth-order valence-corrected chi connectivity index (χ4v) is 9.82. The molecule has 2 aromatic carbocycles. The molecule has 4 fully saturated rings. The second-order valence-electron chi connectivity index (χ2n) is 16.2. The molecule has 1 unspecified atom stereocenters. The average molecular weight is 825 g/mol. The quantitative estimate of drug-likeness (QED) is 0.163. The van der Waals surface area contributed by atoms with Gasteiger partial charge in [0, 0.05) is 81.1 Å². The second kappa shape index (κ2) is 16.6. The number of hydrogen-bond donors (Lipinski definition) is 3. The first kappa shape index (κ1) is 38.9. The van der Waals surface area contributed by atoms with Crippen LogP contribution in [-0.2, 0) is 9.59 Å². The van der Waals surface area contributed by atoms with E-state index < -0.39 is 29.8 Å². The second-order valence-corrected chi connectivity index (χ2v) is 17.1. The normalized spacial score (nSPS) is 21.3. The van der Waals surface area contributed by atoms with Crippen LogP contribution in [0.25, 0.3) is 21.1 Å². The SMILES string of the molecule is O=C1CC[C@H](NC(=O)c2ccc(N3CCC(CN4CCC(n5cc6cc(NC(=O)c7csc8cncnc78)c(N7CCCC(F)C7)cc6n5)CC4)CC3)cc2F)C(=O)N1. The first-order chi connectivity index (χ1) is 28.6. The molecule has 308 valence electrons. The van der Waals surface area contributed by atoms with Crippen molar-refractivity contribution in [2.75, 3.05) is 60.9 Å². The van der Waals surface area contributed by atoms with E-state index in [0.717, 1.165) is 91.8 Å². The third-order valence-electron chi connectivity index (χ3n) is 12.2. The molecule has 0 bridgehead atoms. The number of rotatable bonds is 9. The van der Waals surface area contributed by atoms with Gasteiger partial charge in [-0.25, -0.2) is 18.7 Å². The number of imide groups is 1. The van der Waals surface area contributed by atoms with E-state index in [0.29, 0.717) is 35.7 Å². The van der Waals surface area contributed by atoms with Crippen molar-refractivity contribution in [1.82, 2.24) is 35.3 Å². The van der Waals surface area contributed by atoms with Crippen molar-refractivity contribution in [3.8, 4) is 0 Å². The number of benzene rings is 2. The molecule has 3 aromatic heterocycles. The van der Waals surface area contributed by atoms with Crippen LogP contribution in [0.2, 0.25) is 0 Å². The largest absolute Gasteiger partial charge is 0.371 e. The summed E-state index contributed by atoms with van der Waals surface area (Å²) in [6.45, 7) is 5.43. The van der Waals surface area contributed by atoms with Gasteiger partial charge < -0.3 is 25.3 Å². The molecule has 4 amide bonds. The van der Waals surface area contributed by atoms with Crippen molar-refractivity contribution in [3.63, 3.8) is 0 Å². The monoisotopic (exact) mass is 824 g/mol. The summed E-state index contributed by atoms with van der Waals surface area (Å²) in [4.78, 5) is 64.9. The highest BCUT2D eigenvalue weighted by molar-refractivity contribution is 7.17. The number of nitrogens with zero attached hydrogens (tertiary/aromatic N) is 7. The van der Waals surface area contributed by atoms with E-state index in [1.54, 1.807) is 17.6 Å². The predicted molar refractivity (Wildman–Crippen MR) is 221 cm³/mol. The number of hydrogen-bond acceptors (Lipinski definition) is 11. The Bertz CT molecular complexity index is 2410.